The Hall–Kier alpha value is -4.65. The first-order valence-electron chi connectivity index (χ1n) is 16.1. The molecule has 0 radical (unpaired) electrons. The molecule has 0 unspecified atom stereocenters. The second-order valence-corrected chi connectivity index (χ2v) is 14.6. The van der Waals surface area contributed by atoms with E-state index in [1.807, 2.05) is 13.8 Å². The number of likely N-dealkylation sites (tertiary alicyclic amines) is 1. The maximum absolute atomic E-state index is 14.4. The summed E-state index contributed by atoms with van der Waals surface area (Å²) in [5.74, 6) is -1.55. The molecule has 13 heteroatoms. The molecule has 4 atom stereocenters. The SMILES string of the molecule is CC(C)C[C@H](NC(=O)c1ccc(NC(=O)OC(C)(C)C)cc1)C(=O)N1[C@H]2[C@@H](CN1C(=O)OC(C)(C)C)N(C(=O)c1ccccc1)C[C@@H]2O. The van der Waals surface area contributed by atoms with Gasteiger partial charge in [0, 0.05) is 23.4 Å². The van der Waals surface area contributed by atoms with Crippen LogP contribution in [0, 0.1) is 5.92 Å². The molecular formula is C35H47N5O8. The average Bonchev–Trinajstić information content (AvgIpc) is 3.52. The van der Waals surface area contributed by atoms with Gasteiger partial charge in [-0.3, -0.25) is 19.7 Å². The maximum Gasteiger partial charge on any atom is 0.429 e. The summed E-state index contributed by atoms with van der Waals surface area (Å²) in [6, 6.07) is 11.9. The molecule has 2 aliphatic rings. The highest BCUT2D eigenvalue weighted by molar-refractivity contribution is 5.99. The zero-order valence-electron chi connectivity index (χ0n) is 28.9. The van der Waals surface area contributed by atoms with Crippen LogP contribution in [-0.4, -0.2) is 98.5 Å². The molecule has 0 bridgehead atoms. The van der Waals surface area contributed by atoms with Crippen LogP contribution in [0.3, 0.4) is 0 Å². The molecule has 13 nitrogen and oxygen atoms in total. The number of nitrogens with zero attached hydrogens (tertiary/aromatic N) is 3. The highest BCUT2D eigenvalue weighted by atomic mass is 16.6. The first kappa shape index (κ1) is 36.2. The molecule has 5 amide bonds. The number of anilines is 1. The molecular weight excluding hydrogens is 618 g/mol. The Balaban J connectivity index is 1.59. The van der Waals surface area contributed by atoms with Gasteiger partial charge in [0.05, 0.1) is 18.7 Å². The number of hydrogen-bond donors (Lipinski definition) is 3. The van der Waals surface area contributed by atoms with Crippen molar-refractivity contribution < 1.29 is 38.6 Å². The first-order chi connectivity index (χ1) is 22.3. The van der Waals surface area contributed by atoms with Crippen molar-refractivity contribution in [3.8, 4) is 0 Å². The quantitative estimate of drug-likeness (QED) is 0.392. The summed E-state index contributed by atoms with van der Waals surface area (Å²) >= 11 is 0. The minimum Gasteiger partial charge on any atom is -0.444 e. The van der Waals surface area contributed by atoms with Gasteiger partial charge < -0.3 is 24.8 Å². The number of carbonyl (C=O) groups is 5. The minimum absolute atomic E-state index is 0.0418. The van der Waals surface area contributed by atoms with Crippen LogP contribution in [0.5, 0.6) is 0 Å². The Morgan fingerprint density at radius 3 is 2.02 bits per heavy atom. The van der Waals surface area contributed by atoms with E-state index in [9.17, 15) is 29.1 Å². The zero-order chi connectivity index (χ0) is 35.6. The molecule has 0 saturated carbocycles. The van der Waals surface area contributed by atoms with E-state index in [2.05, 4.69) is 10.6 Å². The van der Waals surface area contributed by atoms with Gasteiger partial charge in [-0.15, -0.1) is 0 Å². The molecule has 2 heterocycles. The van der Waals surface area contributed by atoms with Crippen LogP contribution < -0.4 is 10.6 Å². The van der Waals surface area contributed by atoms with E-state index in [0.717, 1.165) is 5.01 Å². The molecule has 3 N–H and O–H groups in total. The number of fused-ring (bicyclic) bond motifs is 1. The number of β-amino-alcohol motifs (C(OH)–C–C–N with tert-alkyl or cyclic N) is 1. The predicted octanol–water partition coefficient (Wildman–Crippen LogP) is 4.43. The normalized spacial score (nSPS) is 19.9. The summed E-state index contributed by atoms with van der Waals surface area (Å²) in [5.41, 5.74) is -0.513. The third-order valence-corrected chi connectivity index (χ3v) is 7.69. The fraction of sp³-hybridized carbons (Fsp3) is 0.514. The number of benzene rings is 2. The molecule has 2 aromatic rings. The van der Waals surface area contributed by atoms with Crippen molar-refractivity contribution in [3.05, 3.63) is 65.7 Å². The van der Waals surface area contributed by atoms with Gasteiger partial charge in [-0.2, -0.15) is 0 Å². The minimum atomic E-state index is -1.17. The van der Waals surface area contributed by atoms with E-state index < -0.39 is 59.4 Å². The molecule has 2 saturated heterocycles. The van der Waals surface area contributed by atoms with Crippen molar-refractivity contribution in [3.63, 3.8) is 0 Å². The maximum atomic E-state index is 14.4. The first-order valence-corrected chi connectivity index (χ1v) is 16.1. The van der Waals surface area contributed by atoms with E-state index in [0.29, 0.717) is 11.3 Å². The van der Waals surface area contributed by atoms with Crippen molar-refractivity contribution in [1.29, 1.82) is 0 Å². The summed E-state index contributed by atoms with van der Waals surface area (Å²) in [4.78, 5) is 68.6. The monoisotopic (exact) mass is 665 g/mol. The third-order valence-electron chi connectivity index (χ3n) is 7.69. The Morgan fingerprint density at radius 2 is 1.46 bits per heavy atom. The van der Waals surface area contributed by atoms with Gasteiger partial charge in [0.2, 0.25) is 0 Å². The van der Waals surface area contributed by atoms with Gasteiger partial charge >= 0.3 is 12.2 Å². The summed E-state index contributed by atoms with van der Waals surface area (Å²) in [6.45, 7) is 14.0. The van der Waals surface area contributed by atoms with Gasteiger partial charge in [0.1, 0.15) is 23.3 Å². The number of hydrogen-bond acceptors (Lipinski definition) is 8. The van der Waals surface area contributed by atoms with Gasteiger partial charge in [-0.05, 0) is 90.3 Å². The van der Waals surface area contributed by atoms with Crippen LogP contribution >= 0.6 is 0 Å². The molecule has 0 aromatic heterocycles. The number of aliphatic hydroxyl groups is 1. The van der Waals surface area contributed by atoms with E-state index in [1.54, 1.807) is 84.0 Å². The molecule has 0 aliphatic carbocycles. The van der Waals surface area contributed by atoms with E-state index in [-0.39, 0.29) is 36.9 Å². The molecule has 260 valence electrons. The Labute approximate surface area is 281 Å². The fourth-order valence-electron chi connectivity index (χ4n) is 5.79. The molecule has 2 aliphatic heterocycles. The molecule has 4 rings (SSSR count). The number of aliphatic hydroxyl groups excluding tert-OH is 1. The highest BCUT2D eigenvalue weighted by Crippen LogP contribution is 2.35. The largest absolute Gasteiger partial charge is 0.444 e. The van der Waals surface area contributed by atoms with E-state index in [4.69, 9.17) is 9.47 Å². The van der Waals surface area contributed by atoms with Crippen LogP contribution in [0.25, 0.3) is 0 Å². The van der Waals surface area contributed by atoms with Gasteiger partial charge in [0.15, 0.2) is 0 Å². The summed E-state index contributed by atoms with van der Waals surface area (Å²) in [7, 11) is 0. The van der Waals surface area contributed by atoms with Gasteiger partial charge in [0.25, 0.3) is 17.7 Å². The molecule has 2 fully saturated rings. The smallest absolute Gasteiger partial charge is 0.429 e. The van der Waals surface area contributed by atoms with E-state index >= 15 is 0 Å². The van der Waals surface area contributed by atoms with Crippen LogP contribution in [-0.2, 0) is 14.3 Å². The number of hydrazine groups is 1. The Bertz CT molecular complexity index is 1500. The number of carbonyl (C=O) groups excluding carboxylic acids is 5. The van der Waals surface area contributed by atoms with Gasteiger partial charge in [-0.25, -0.2) is 19.6 Å². The number of ether oxygens (including phenoxy) is 2. The van der Waals surface area contributed by atoms with E-state index in [1.165, 1.54) is 22.0 Å². The average molecular weight is 666 g/mol. The lowest BCUT2D eigenvalue weighted by atomic mass is 10.0. The van der Waals surface area contributed by atoms with Gasteiger partial charge in [-0.1, -0.05) is 32.0 Å². The fourth-order valence-corrected chi connectivity index (χ4v) is 5.79. The topological polar surface area (TPSA) is 158 Å². The number of nitrogens with one attached hydrogen (secondary N) is 2. The standard InChI is InChI=1S/C35H47N5O8/c1-21(2)18-25(37-29(42)22-14-16-24(17-15-22)36-32(45)47-34(3,4)5)31(44)40-28-26(19-39(40)33(46)48-35(6,7)8)38(20-27(28)41)30(43)23-12-10-9-11-13-23/h9-17,21,25-28,41H,18-20H2,1-8H3,(H,36,45)(H,37,42)/t25-,26+,27-,28-/m0/s1. The lowest BCUT2D eigenvalue weighted by molar-refractivity contribution is -0.152. The van der Waals surface area contributed by atoms with Crippen LogP contribution in [0.2, 0.25) is 0 Å². The molecule has 0 spiro atoms. The van der Waals surface area contributed by atoms with Crippen LogP contribution in [0.4, 0.5) is 15.3 Å². The van der Waals surface area contributed by atoms with Crippen molar-refractivity contribution in [1.82, 2.24) is 20.2 Å². The highest BCUT2D eigenvalue weighted by Gasteiger charge is 2.57. The summed E-state index contributed by atoms with van der Waals surface area (Å²) in [6.07, 6.45) is -2.40. The Morgan fingerprint density at radius 1 is 0.854 bits per heavy atom. The van der Waals surface area contributed by atoms with Crippen LogP contribution in [0.15, 0.2) is 54.6 Å². The van der Waals surface area contributed by atoms with Crippen molar-refractivity contribution in [2.24, 2.45) is 5.92 Å². The summed E-state index contributed by atoms with van der Waals surface area (Å²) < 4.78 is 10.9. The van der Waals surface area contributed by atoms with Crippen molar-refractivity contribution in [2.45, 2.75) is 97.2 Å². The number of amides is 5. The number of rotatable bonds is 7. The second kappa shape index (κ2) is 14.2. The molecule has 48 heavy (non-hydrogen) atoms. The summed E-state index contributed by atoms with van der Waals surface area (Å²) in [5, 5.41) is 19.0. The van der Waals surface area contributed by atoms with Crippen molar-refractivity contribution in [2.75, 3.05) is 18.4 Å². The molecule has 2 aromatic carbocycles. The van der Waals surface area contributed by atoms with Crippen molar-refractivity contribution >= 4 is 35.6 Å². The second-order valence-electron chi connectivity index (χ2n) is 14.6. The lowest BCUT2D eigenvalue weighted by Crippen LogP contribution is -2.58. The lowest BCUT2D eigenvalue weighted by Gasteiger charge is -2.36. The Kier molecular flexibility index (Phi) is 10.7. The third kappa shape index (κ3) is 8.82. The van der Waals surface area contributed by atoms with Crippen LogP contribution in [0.1, 0.15) is 82.5 Å². The predicted molar refractivity (Wildman–Crippen MR) is 178 cm³/mol. The zero-order valence-corrected chi connectivity index (χ0v) is 28.9.